The number of likely N-dealkylation sites (N-methyl/N-ethyl adjacent to an activating group) is 1. The summed E-state index contributed by atoms with van der Waals surface area (Å²) in [5.41, 5.74) is 0. The fourth-order valence-electron chi connectivity index (χ4n) is 6.19. The van der Waals surface area contributed by atoms with Gasteiger partial charge in [-0.15, -0.1) is 0 Å². The third kappa shape index (κ3) is 37.3. The summed E-state index contributed by atoms with van der Waals surface area (Å²) in [6.45, 7) is 4.67. The number of aliphatic hydroxyl groups excluding tert-OH is 1. The molecule has 2 N–H and O–H groups in total. The van der Waals surface area contributed by atoms with Crippen molar-refractivity contribution in [3.63, 3.8) is 0 Å². The molecule has 52 heavy (non-hydrogen) atoms. The molecule has 0 rings (SSSR count). The molecule has 0 fully saturated rings. The molecular formula is C43H85N2O6P. The van der Waals surface area contributed by atoms with Crippen LogP contribution in [0.5, 0.6) is 0 Å². The van der Waals surface area contributed by atoms with E-state index in [4.69, 9.17) is 9.05 Å². The van der Waals surface area contributed by atoms with Crippen LogP contribution >= 0.6 is 7.82 Å². The number of quaternary nitrogens is 1. The van der Waals surface area contributed by atoms with Gasteiger partial charge in [0, 0.05) is 6.42 Å². The highest BCUT2D eigenvalue weighted by Gasteiger charge is 2.24. The first-order valence-electron chi connectivity index (χ1n) is 21.7. The number of aliphatic hydroxyl groups is 1. The highest BCUT2D eigenvalue weighted by atomic mass is 31.2. The molecule has 1 amide bonds. The van der Waals surface area contributed by atoms with Crippen LogP contribution in [0.4, 0.5) is 0 Å². The predicted molar refractivity (Wildman–Crippen MR) is 219 cm³/mol. The highest BCUT2D eigenvalue weighted by molar-refractivity contribution is 7.45. The Labute approximate surface area is 322 Å². The third-order valence-corrected chi connectivity index (χ3v) is 10.7. The predicted octanol–water partition coefficient (Wildman–Crippen LogP) is 11.1. The SMILES string of the molecule is CCCCC/C=C\C/C=C\CCCCCCCCCCCC(=O)NC(COP(=O)([O-])OCC[N+](C)(C)C)C(O)CCCCCCCCCCCCC. The molecular weight excluding hydrogens is 671 g/mol. The maximum absolute atomic E-state index is 12.8. The number of hydrogen-bond donors (Lipinski definition) is 2. The number of carbonyl (C=O) groups excluding carboxylic acids is 1. The largest absolute Gasteiger partial charge is 0.756 e. The standard InChI is InChI=1S/C43H85N2O6P/c1-6-8-10-12-14-16-18-19-20-21-22-23-24-25-27-29-31-33-35-37-43(47)44-41(40-51-52(48,49)50-39-38-45(3,4)5)42(46)36-34-32-30-28-26-17-15-13-11-9-7-2/h14,16,19-20,41-42,46H,6-13,15,17-18,21-40H2,1-5H3,(H-,44,47,48,49)/b16-14-,20-19-. The molecule has 0 aromatic heterocycles. The van der Waals surface area contributed by atoms with Crippen LogP contribution in [0.25, 0.3) is 0 Å². The zero-order chi connectivity index (χ0) is 38.6. The number of nitrogens with zero attached hydrogens (tertiary/aromatic N) is 1. The monoisotopic (exact) mass is 757 g/mol. The van der Waals surface area contributed by atoms with Crippen molar-refractivity contribution in [2.75, 3.05) is 40.9 Å². The fourth-order valence-corrected chi connectivity index (χ4v) is 6.91. The summed E-state index contributed by atoms with van der Waals surface area (Å²) < 4.78 is 23.2. The molecule has 3 atom stereocenters. The first-order valence-corrected chi connectivity index (χ1v) is 23.1. The van der Waals surface area contributed by atoms with Crippen molar-refractivity contribution in [1.29, 1.82) is 0 Å². The minimum absolute atomic E-state index is 0.0117. The van der Waals surface area contributed by atoms with Crippen LogP contribution in [0.2, 0.25) is 0 Å². The van der Waals surface area contributed by atoms with Crippen molar-refractivity contribution in [3.05, 3.63) is 24.3 Å². The maximum Gasteiger partial charge on any atom is 0.268 e. The van der Waals surface area contributed by atoms with Gasteiger partial charge in [-0.2, -0.15) is 0 Å². The number of unbranched alkanes of at least 4 members (excludes halogenated alkanes) is 22. The van der Waals surface area contributed by atoms with E-state index in [9.17, 15) is 19.4 Å². The van der Waals surface area contributed by atoms with Crippen LogP contribution < -0.4 is 10.2 Å². The summed E-state index contributed by atoms with van der Waals surface area (Å²) in [5.74, 6) is -0.171. The molecule has 0 radical (unpaired) electrons. The number of phosphoric acid groups is 1. The summed E-state index contributed by atoms with van der Waals surface area (Å²) in [4.78, 5) is 25.3. The Balaban J connectivity index is 4.32. The number of nitrogens with one attached hydrogen (secondary N) is 1. The first-order chi connectivity index (χ1) is 25.0. The molecule has 0 aromatic rings. The highest BCUT2D eigenvalue weighted by Crippen LogP contribution is 2.38. The average Bonchev–Trinajstić information content (AvgIpc) is 3.09. The Morgan fingerprint density at radius 1 is 0.673 bits per heavy atom. The van der Waals surface area contributed by atoms with Crippen LogP contribution in [-0.4, -0.2) is 68.5 Å². The van der Waals surface area contributed by atoms with Gasteiger partial charge in [0.1, 0.15) is 13.2 Å². The topological polar surface area (TPSA) is 108 Å². The van der Waals surface area contributed by atoms with Gasteiger partial charge < -0.3 is 28.8 Å². The van der Waals surface area contributed by atoms with Gasteiger partial charge in [0.15, 0.2) is 0 Å². The van der Waals surface area contributed by atoms with Crippen LogP contribution in [0, 0.1) is 0 Å². The summed E-state index contributed by atoms with van der Waals surface area (Å²) in [5, 5.41) is 13.9. The Kier molecular flexibility index (Phi) is 35.0. The molecule has 9 heteroatoms. The molecule has 0 aliphatic rings. The van der Waals surface area contributed by atoms with E-state index >= 15 is 0 Å². The summed E-state index contributed by atoms with van der Waals surface area (Å²) in [7, 11) is 1.30. The van der Waals surface area contributed by atoms with Crippen molar-refractivity contribution in [1.82, 2.24) is 5.32 Å². The molecule has 0 saturated heterocycles. The quantitative estimate of drug-likeness (QED) is 0.0280. The number of amides is 1. The molecule has 0 bridgehead atoms. The van der Waals surface area contributed by atoms with Crippen LogP contribution in [-0.2, 0) is 18.4 Å². The Bertz CT molecular complexity index is 907. The van der Waals surface area contributed by atoms with Crippen molar-refractivity contribution in [3.8, 4) is 0 Å². The summed E-state index contributed by atoms with van der Waals surface area (Å²) >= 11 is 0. The van der Waals surface area contributed by atoms with Gasteiger partial charge in [-0.3, -0.25) is 9.36 Å². The zero-order valence-corrected chi connectivity index (χ0v) is 35.7. The minimum atomic E-state index is -4.56. The first kappa shape index (κ1) is 51.0. The second-order valence-electron chi connectivity index (χ2n) is 16.1. The number of hydrogen-bond acceptors (Lipinski definition) is 6. The van der Waals surface area contributed by atoms with Crippen molar-refractivity contribution in [2.45, 2.75) is 206 Å². The van der Waals surface area contributed by atoms with E-state index in [1.165, 1.54) is 122 Å². The molecule has 0 saturated carbocycles. The Hall–Kier alpha value is -1.02. The van der Waals surface area contributed by atoms with Gasteiger partial charge in [-0.25, -0.2) is 0 Å². The number of carbonyl (C=O) groups is 1. The van der Waals surface area contributed by atoms with E-state index in [1.807, 2.05) is 21.1 Å². The molecule has 0 aromatic carbocycles. The van der Waals surface area contributed by atoms with Crippen LogP contribution in [0.3, 0.4) is 0 Å². The van der Waals surface area contributed by atoms with Gasteiger partial charge in [-0.1, -0.05) is 167 Å². The number of rotatable bonds is 39. The molecule has 0 aliphatic carbocycles. The summed E-state index contributed by atoms with van der Waals surface area (Å²) in [6.07, 6.45) is 40.3. The molecule has 0 spiro atoms. The van der Waals surface area contributed by atoms with Gasteiger partial charge in [0.05, 0.1) is 39.9 Å². The lowest BCUT2D eigenvalue weighted by Gasteiger charge is -2.30. The van der Waals surface area contributed by atoms with E-state index in [1.54, 1.807) is 0 Å². The second-order valence-corrected chi connectivity index (χ2v) is 17.5. The van der Waals surface area contributed by atoms with Crippen LogP contribution in [0.15, 0.2) is 24.3 Å². The van der Waals surface area contributed by atoms with Gasteiger partial charge in [0.25, 0.3) is 7.82 Å². The molecule has 8 nitrogen and oxygen atoms in total. The molecule has 308 valence electrons. The molecule has 3 unspecified atom stereocenters. The number of allylic oxidation sites excluding steroid dienone is 4. The number of phosphoric ester groups is 1. The smallest absolute Gasteiger partial charge is 0.268 e. The Morgan fingerprint density at radius 2 is 1.12 bits per heavy atom. The van der Waals surface area contributed by atoms with Crippen LogP contribution in [0.1, 0.15) is 194 Å². The van der Waals surface area contributed by atoms with E-state index < -0.39 is 20.0 Å². The lowest BCUT2D eigenvalue weighted by Crippen LogP contribution is -2.46. The maximum atomic E-state index is 12.8. The van der Waals surface area contributed by atoms with Gasteiger partial charge in [0.2, 0.25) is 5.91 Å². The molecule has 0 heterocycles. The minimum Gasteiger partial charge on any atom is -0.756 e. The molecule has 0 aliphatic heterocycles. The Morgan fingerprint density at radius 3 is 1.63 bits per heavy atom. The van der Waals surface area contributed by atoms with E-state index in [2.05, 4.69) is 43.5 Å². The third-order valence-electron chi connectivity index (χ3n) is 9.69. The van der Waals surface area contributed by atoms with E-state index in [0.717, 1.165) is 44.9 Å². The van der Waals surface area contributed by atoms with Crippen molar-refractivity contribution < 1.29 is 32.9 Å². The van der Waals surface area contributed by atoms with Crippen molar-refractivity contribution in [2.24, 2.45) is 0 Å². The van der Waals surface area contributed by atoms with Crippen molar-refractivity contribution >= 4 is 13.7 Å². The lowest BCUT2D eigenvalue weighted by molar-refractivity contribution is -0.870. The zero-order valence-electron chi connectivity index (χ0n) is 34.8. The van der Waals surface area contributed by atoms with Gasteiger partial charge >= 0.3 is 0 Å². The van der Waals surface area contributed by atoms with E-state index in [-0.39, 0.29) is 19.1 Å². The average molecular weight is 757 g/mol. The van der Waals surface area contributed by atoms with E-state index in [0.29, 0.717) is 23.9 Å². The van der Waals surface area contributed by atoms with Gasteiger partial charge in [-0.05, 0) is 44.9 Å². The summed E-state index contributed by atoms with van der Waals surface area (Å²) in [6, 6.07) is -0.799. The lowest BCUT2D eigenvalue weighted by atomic mass is 10.0. The fraction of sp³-hybridized carbons (Fsp3) is 0.884. The second kappa shape index (κ2) is 35.7. The normalized spacial score (nSPS) is 14.7.